The Morgan fingerprint density at radius 3 is 2.65 bits per heavy atom. The van der Waals surface area contributed by atoms with Crippen LogP contribution < -0.4 is 5.32 Å². The Morgan fingerprint density at radius 2 is 1.96 bits per heavy atom. The van der Waals surface area contributed by atoms with Crippen LogP contribution in [0.4, 0.5) is 0 Å². The van der Waals surface area contributed by atoms with Gasteiger partial charge in [0, 0.05) is 26.1 Å². The molecule has 1 N–H and O–H groups in total. The Labute approximate surface area is 154 Å². The highest BCUT2D eigenvalue weighted by Gasteiger charge is 2.43. The van der Waals surface area contributed by atoms with Crippen molar-refractivity contribution in [2.24, 2.45) is 5.92 Å². The number of likely N-dealkylation sites (tertiary alicyclic amines) is 1. The molecular weight excluding hydrogens is 354 g/mol. The fourth-order valence-corrected chi connectivity index (χ4v) is 4.67. The van der Waals surface area contributed by atoms with Crippen molar-refractivity contribution in [3.05, 3.63) is 35.9 Å². The number of sulfonamides is 1. The predicted molar refractivity (Wildman–Crippen MR) is 97.5 cm³/mol. The third-order valence-electron chi connectivity index (χ3n) is 5.17. The minimum atomic E-state index is -3.29. The summed E-state index contributed by atoms with van der Waals surface area (Å²) >= 11 is 0. The van der Waals surface area contributed by atoms with Crippen molar-refractivity contribution in [2.75, 3.05) is 25.9 Å². The number of fused-ring (bicyclic) bond motifs is 1. The number of hydrogen-bond acceptors (Lipinski definition) is 4. The average Bonchev–Trinajstić information content (AvgIpc) is 2.97. The molecule has 2 amide bonds. The first-order chi connectivity index (χ1) is 12.3. The van der Waals surface area contributed by atoms with Gasteiger partial charge in [0.2, 0.25) is 21.8 Å². The van der Waals surface area contributed by atoms with Crippen molar-refractivity contribution >= 4 is 21.8 Å². The van der Waals surface area contributed by atoms with Gasteiger partial charge in [-0.3, -0.25) is 9.59 Å². The number of nitrogens with one attached hydrogen (secondary N) is 1. The maximum Gasteiger partial charge on any atom is 0.239 e. The number of hydrogen-bond donors (Lipinski definition) is 1. The average molecular weight is 379 g/mol. The molecule has 1 aromatic rings. The molecular formula is C18H25N3O4S. The highest BCUT2D eigenvalue weighted by atomic mass is 32.2. The van der Waals surface area contributed by atoms with Crippen LogP contribution in [0, 0.1) is 5.92 Å². The van der Waals surface area contributed by atoms with Gasteiger partial charge in [0.1, 0.15) is 0 Å². The van der Waals surface area contributed by atoms with E-state index >= 15 is 0 Å². The third kappa shape index (κ3) is 4.42. The monoisotopic (exact) mass is 379 g/mol. The van der Waals surface area contributed by atoms with E-state index in [2.05, 4.69) is 5.32 Å². The highest BCUT2D eigenvalue weighted by molar-refractivity contribution is 7.88. The van der Waals surface area contributed by atoms with Gasteiger partial charge in [-0.1, -0.05) is 30.3 Å². The predicted octanol–water partition coefficient (Wildman–Crippen LogP) is 0.575. The SMILES string of the molecule is CS(=O)(=O)N1C[C@H]2CCCC(=O)N(CC(=O)NCc3ccccc3)[C@H]2C1. The molecule has 142 valence electrons. The first-order valence-electron chi connectivity index (χ1n) is 8.90. The van der Waals surface area contributed by atoms with Crippen molar-refractivity contribution in [3.63, 3.8) is 0 Å². The molecule has 0 unspecified atom stereocenters. The van der Waals surface area contributed by atoms with Crippen LogP contribution in [0.15, 0.2) is 30.3 Å². The van der Waals surface area contributed by atoms with Gasteiger partial charge in [0.25, 0.3) is 0 Å². The molecule has 3 rings (SSSR count). The molecule has 2 saturated heterocycles. The molecule has 0 spiro atoms. The van der Waals surface area contributed by atoms with Crippen LogP contribution in [-0.2, 0) is 26.2 Å². The number of benzene rings is 1. The van der Waals surface area contributed by atoms with Crippen molar-refractivity contribution in [3.8, 4) is 0 Å². The second kappa shape index (κ2) is 7.75. The van der Waals surface area contributed by atoms with E-state index in [-0.39, 0.29) is 36.9 Å². The van der Waals surface area contributed by atoms with Gasteiger partial charge in [-0.2, -0.15) is 4.31 Å². The molecule has 0 aliphatic carbocycles. The topological polar surface area (TPSA) is 86.8 Å². The van der Waals surface area contributed by atoms with Crippen LogP contribution in [0.25, 0.3) is 0 Å². The molecule has 0 bridgehead atoms. The minimum absolute atomic E-state index is 0.0234. The molecule has 8 heteroatoms. The summed E-state index contributed by atoms with van der Waals surface area (Å²) in [6.07, 6.45) is 3.15. The summed E-state index contributed by atoms with van der Waals surface area (Å²) < 4.78 is 25.2. The molecule has 7 nitrogen and oxygen atoms in total. The molecule has 26 heavy (non-hydrogen) atoms. The fourth-order valence-electron chi connectivity index (χ4n) is 3.78. The number of rotatable bonds is 5. The zero-order chi connectivity index (χ0) is 18.7. The van der Waals surface area contributed by atoms with Crippen molar-refractivity contribution < 1.29 is 18.0 Å². The minimum Gasteiger partial charge on any atom is -0.350 e. The van der Waals surface area contributed by atoms with Gasteiger partial charge >= 0.3 is 0 Å². The maximum absolute atomic E-state index is 12.5. The van der Waals surface area contributed by atoms with Crippen LogP contribution in [0.1, 0.15) is 24.8 Å². The molecule has 2 heterocycles. The first kappa shape index (κ1) is 18.8. The van der Waals surface area contributed by atoms with E-state index in [1.807, 2.05) is 30.3 Å². The van der Waals surface area contributed by atoms with Crippen molar-refractivity contribution in [1.82, 2.24) is 14.5 Å². The molecule has 2 aliphatic rings. The van der Waals surface area contributed by atoms with E-state index < -0.39 is 10.0 Å². The molecule has 2 fully saturated rings. The first-order valence-corrected chi connectivity index (χ1v) is 10.7. The molecule has 0 aromatic heterocycles. The molecule has 2 atom stereocenters. The lowest BCUT2D eigenvalue weighted by molar-refractivity contribution is -0.138. The zero-order valence-electron chi connectivity index (χ0n) is 14.9. The van der Waals surface area contributed by atoms with Crippen LogP contribution in [0.2, 0.25) is 0 Å². The van der Waals surface area contributed by atoms with Crippen molar-refractivity contribution in [1.29, 1.82) is 0 Å². The van der Waals surface area contributed by atoms with Crippen LogP contribution >= 0.6 is 0 Å². The van der Waals surface area contributed by atoms with E-state index in [1.165, 1.54) is 10.6 Å². The lowest BCUT2D eigenvalue weighted by Gasteiger charge is -2.29. The van der Waals surface area contributed by atoms with E-state index in [1.54, 1.807) is 4.90 Å². The van der Waals surface area contributed by atoms with Gasteiger partial charge in [-0.15, -0.1) is 0 Å². The number of carbonyl (C=O) groups is 2. The van der Waals surface area contributed by atoms with Gasteiger partial charge < -0.3 is 10.2 Å². The van der Waals surface area contributed by atoms with Crippen LogP contribution in [-0.4, -0.2) is 61.4 Å². The largest absolute Gasteiger partial charge is 0.350 e. The standard InChI is InChI=1S/C18H25N3O4S/c1-26(24,25)20-11-15-8-5-9-18(23)21(16(15)12-20)13-17(22)19-10-14-6-3-2-4-7-14/h2-4,6-7,15-16H,5,8-13H2,1H3,(H,19,22)/t15-,16+/m1/s1. The van der Waals surface area contributed by atoms with Crippen LogP contribution in [0.5, 0.6) is 0 Å². The lowest BCUT2D eigenvalue weighted by atomic mass is 9.98. The van der Waals surface area contributed by atoms with Gasteiger partial charge in [-0.05, 0) is 24.3 Å². The van der Waals surface area contributed by atoms with Crippen molar-refractivity contribution in [2.45, 2.75) is 31.8 Å². The number of nitrogens with zero attached hydrogens (tertiary/aromatic N) is 2. The van der Waals surface area contributed by atoms with E-state index in [0.717, 1.165) is 18.4 Å². The Morgan fingerprint density at radius 1 is 1.23 bits per heavy atom. The zero-order valence-corrected chi connectivity index (χ0v) is 15.7. The quantitative estimate of drug-likeness (QED) is 0.811. The van der Waals surface area contributed by atoms with Gasteiger partial charge in [0.15, 0.2) is 0 Å². The molecule has 0 radical (unpaired) electrons. The smallest absolute Gasteiger partial charge is 0.239 e. The summed E-state index contributed by atoms with van der Waals surface area (Å²) in [5.74, 6) is -0.193. The highest BCUT2D eigenvalue weighted by Crippen LogP contribution is 2.31. The Kier molecular flexibility index (Phi) is 5.62. The summed E-state index contributed by atoms with van der Waals surface area (Å²) in [5, 5.41) is 2.84. The third-order valence-corrected chi connectivity index (χ3v) is 6.41. The number of amides is 2. The van der Waals surface area contributed by atoms with Gasteiger partial charge in [-0.25, -0.2) is 8.42 Å². The fraction of sp³-hybridized carbons (Fsp3) is 0.556. The molecule has 1 aromatic carbocycles. The summed E-state index contributed by atoms with van der Waals surface area (Å²) in [4.78, 5) is 26.5. The summed E-state index contributed by atoms with van der Waals surface area (Å²) in [7, 11) is -3.29. The summed E-state index contributed by atoms with van der Waals surface area (Å²) in [5.41, 5.74) is 0.991. The number of carbonyl (C=O) groups excluding carboxylic acids is 2. The summed E-state index contributed by atoms with van der Waals surface area (Å²) in [6.45, 7) is 1.09. The lowest BCUT2D eigenvalue weighted by Crippen LogP contribution is -2.48. The van der Waals surface area contributed by atoms with E-state index in [9.17, 15) is 18.0 Å². The van der Waals surface area contributed by atoms with Gasteiger partial charge in [0.05, 0.1) is 18.8 Å². The van der Waals surface area contributed by atoms with E-state index in [4.69, 9.17) is 0 Å². The van der Waals surface area contributed by atoms with E-state index in [0.29, 0.717) is 19.5 Å². The normalized spacial score (nSPS) is 24.2. The Balaban J connectivity index is 1.66. The molecule has 2 aliphatic heterocycles. The van der Waals surface area contributed by atoms with Crippen LogP contribution in [0.3, 0.4) is 0 Å². The second-order valence-corrected chi connectivity index (χ2v) is 9.07. The Hall–Kier alpha value is -1.93. The summed E-state index contributed by atoms with van der Waals surface area (Å²) in [6, 6.07) is 9.35. The second-order valence-electron chi connectivity index (χ2n) is 7.08. The Bertz CT molecular complexity index is 766. The maximum atomic E-state index is 12.5. The molecule has 0 saturated carbocycles.